The summed E-state index contributed by atoms with van der Waals surface area (Å²) in [6.45, 7) is 22.7. The fourth-order valence-corrected chi connectivity index (χ4v) is 7.41. The van der Waals surface area contributed by atoms with Crippen molar-refractivity contribution in [1.29, 1.82) is 0 Å². The van der Waals surface area contributed by atoms with Crippen LogP contribution in [0.15, 0.2) is 36.4 Å². The summed E-state index contributed by atoms with van der Waals surface area (Å²) < 4.78 is 12.4. The van der Waals surface area contributed by atoms with Crippen molar-refractivity contribution < 1.29 is 19.1 Å². The molecule has 41 heavy (non-hydrogen) atoms. The maximum Gasteiger partial charge on any atom is 0.338 e. The van der Waals surface area contributed by atoms with Crippen LogP contribution in [0.2, 0.25) is 18.1 Å². The van der Waals surface area contributed by atoms with E-state index in [4.69, 9.17) is 14.1 Å². The van der Waals surface area contributed by atoms with Gasteiger partial charge in [0.1, 0.15) is 6.10 Å². The highest BCUT2D eigenvalue weighted by molar-refractivity contribution is 6.74. The zero-order chi connectivity index (χ0) is 30.3. The highest BCUT2D eigenvalue weighted by Crippen LogP contribution is 2.52. The summed E-state index contributed by atoms with van der Waals surface area (Å²) in [6.07, 6.45) is 7.54. The van der Waals surface area contributed by atoms with Gasteiger partial charge >= 0.3 is 5.97 Å². The normalized spacial score (nSPS) is 21.2. The second kappa shape index (κ2) is 11.8. The van der Waals surface area contributed by atoms with Crippen molar-refractivity contribution in [2.45, 2.75) is 123 Å². The van der Waals surface area contributed by atoms with E-state index in [2.05, 4.69) is 73.7 Å². The standard InChI is InChI=1S/C35H51NO4Si/c1-11-39-33(38)25-18-16-24(17-19-25)32(37)30-28(23-14-12-13-15-23)29-26(36-31(30)22(2)3)20-35(7,8)21-27(29)40-41(9,10)34(4,5)6/h12,14,16-19,22-23,27,32,37H,11,13,15,20-21H2,1-10H3/t23?,27?,32-/m0/s1. The molecular formula is C35H51NO4Si. The summed E-state index contributed by atoms with van der Waals surface area (Å²) in [5, 5.41) is 12.2. The molecule has 0 radical (unpaired) electrons. The molecule has 0 amide bonds. The molecule has 0 saturated carbocycles. The highest BCUT2D eigenvalue weighted by atomic mass is 28.4. The van der Waals surface area contributed by atoms with E-state index in [0.717, 1.165) is 48.2 Å². The number of aromatic nitrogens is 1. The first-order chi connectivity index (χ1) is 19.1. The lowest BCUT2D eigenvalue weighted by atomic mass is 9.70. The zero-order valence-electron chi connectivity index (χ0n) is 26.9. The fraction of sp³-hybridized carbons (Fsp3) is 0.600. The van der Waals surface area contributed by atoms with Crippen molar-refractivity contribution in [1.82, 2.24) is 4.98 Å². The fourth-order valence-electron chi connectivity index (χ4n) is 6.14. The summed E-state index contributed by atoms with van der Waals surface area (Å²) in [5.41, 5.74) is 6.75. The molecule has 0 fully saturated rings. The van der Waals surface area contributed by atoms with Crippen LogP contribution in [0.3, 0.4) is 0 Å². The number of nitrogens with zero attached hydrogens (tertiary/aromatic N) is 1. The van der Waals surface area contributed by atoms with Crippen LogP contribution in [0.4, 0.5) is 0 Å². The van der Waals surface area contributed by atoms with Gasteiger partial charge in [0.15, 0.2) is 8.32 Å². The van der Waals surface area contributed by atoms with Gasteiger partial charge in [-0.05, 0) is 85.3 Å². The Morgan fingerprint density at radius 2 is 1.80 bits per heavy atom. The molecule has 0 aliphatic heterocycles. The number of hydrogen-bond acceptors (Lipinski definition) is 5. The van der Waals surface area contributed by atoms with Gasteiger partial charge in [-0.1, -0.05) is 72.8 Å². The van der Waals surface area contributed by atoms with Crippen LogP contribution in [0.25, 0.3) is 0 Å². The predicted molar refractivity (Wildman–Crippen MR) is 169 cm³/mol. The topological polar surface area (TPSA) is 68.7 Å². The molecule has 0 spiro atoms. The maximum absolute atomic E-state index is 12.3. The Kier molecular flexibility index (Phi) is 9.09. The Morgan fingerprint density at radius 1 is 1.15 bits per heavy atom. The van der Waals surface area contributed by atoms with Crippen molar-refractivity contribution in [2.75, 3.05) is 6.61 Å². The van der Waals surface area contributed by atoms with Gasteiger partial charge in [-0.3, -0.25) is 4.98 Å². The number of hydrogen-bond donors (Lipinski definition) is 1. The average molecular weight is 578 g/mol. The van der Waals surface area contributed by atoms with Crippen molar-refractivity contribution in [2.24, 2.45) is 5.41 Å². The first-order valence-corrected chi connectivity index (χ1v) is 18.3. The maximum atomic E-state index is 12.3. The molecule has 2 unspecified atom stereocenters. The van der Waals surface area contributed by atoms with E-state index in [1.54, 1.807) is 19.1 Å². The van der Waals surface area contributed by atoms with Gasteiger partial charge in [0.25, 0.3) is 0 Å². The van der Waals surface area contributed by atoms with Gasteiger partial charge in [0.05, 0.1) is 18.3 Å². The van der Waals surface area contributed by atoms with Crippen LogP contribution in [0.1, 0.15) is 143 Å². The molecule has 2 aliphatic carbocycles. The quantitative estimate of drug-likeness (QED) is 0.193. The third-order valence-corrected chi connectivity index (χ3v) is 13.8. The molecule has 1 aromatic heterocycles. The number of pyridine rings is 1. The Bertz CT molecular complexity index is 1290. The van der Waals surface area contributed by atoms with Gasteiger partial charge in [-0.25, -0.2) is 4.79 Å². The van der Waals surface area contributed by atoms with E-state index in [1.165, 1.54) is 11.1 Å². The summed E-state index contributed by atoms with van der Waals surface area (Å²) in [6, 6.07) is 7.19. The number of aliphatic hydroxyl groups is 1. The lowest BCUT2D eigenvalue weighted by Gasteiger charge is -2.45. The minimum absolute atomic E-state index is 0.0626. The van der Waals surface area contributed by atoms with Gasteiger partial charge in [-0.2, -0.15) is 0 Å². The molecular weight excluding hydrogens is 526 g/mol. The first-order valence-electron chi connectivity index (χ1n) is 15.4. The largest absolute Gasteiger partial charge is 0.462 e. The van der Waals surface area contributed by atoms with E-state index in [9.17, 15) is 9.90 Å². The number of aliphatic hydroxyl groups excluding tert-OH is 1. The van der Waals surface area contributed by atoms with E-state index >= 15 is 0 Å². The molecule has 4 rings (SSSR count). The third-order valence-electron chi connectivity index (χ3n) is 9.31. The van der Waals surface area contributed by atoms with Gasteiger partial charge < -0.3 is 14.3 Å². The van der Waals surface area contributed by atoms with Gasteiger partial charge in [-0.15, -0.1) is 0 Å². The summed E-state index contributed by atoms with van der Waals surface area (Å²) in [4.78, 5) is 17.7. The Labute approximate surface area is 248 Å². The number of rotatable bonds is 8. The number of carbonyl (C=O) groups excluding carboxylic acids is 1. The van der Waals surface area contributed by atoms with Crippen molar-refractivity contribution in [3.63, 3.8) is 0 Å². The van der Waals surface area contributed by atoms with Crippen molar-refractivity contribution in [3.8, 4) is 0 Å². The third kappa shape index (κ3) is 6.55. The summed E-state index contributed by atoms with van der Waals surface area (Å²) in [5.74, 6) is -0.00556. The molecule has 0 bridgehead atoms. The van der Waals surface area contributed by atoms with Crippen LogP contribution in [-0.4, -0.2) is 31.0 Å². The zero-order valence-corrected chi connectivity index (χ0v) is 27.9. The molecule has 1 aromatic carbocycles. The Balaban J connectivity index is 1.94. The summed E-state index contributed by atoms with van der Waals surface area (Å²) >= 11 is 0. The lowest BCUT2D eigenvalue weighted by molar-refractivity contribution is 0.0526. The smallest absolute Gasteiger partial charge is 0.338 e. The van der Waals surface area contributed by atoms with Crippen molar-refractivity contribution in [3.05, 3.63) is 75.6 Å². The van der Waals surface area contributed by atoms with Crippen LogP contribution >= 0.6 is 0 Å². The van der Waals surface area contributed by atoms with Crippen LogP contribution in [0, 0.1) is 5.41 Å². The molecule has 2 aromatic rings. The monoisotopic (exact) mass is 577 g/mol. The minimum Gasteiger partial charge on any atom is -0.462 e. The molecule has 2 aliphatic rings. The van der Waals surface area contributed by atoms with E-state index < -0.39 is 14.4 Å². The van der Waals surface area contributed by atoms with E-state index in [-0.39, 0.29) is 34.4 Å². The van der Waals surface area contributed by atoms with Gasteiger partial charge in [0.2, 0.25) is 0 Å². The molecule has 6 heteroatoms. The molecule has 224 valence electrons. The number of allylic oxidation sites excluding steroid dienone is 2. The van der Waals surface area contributed by atoms with Gasteiger partial charge in [0, 0.05) is 28.4 Å². The number of esters is 1. The molecule has 1 N–H and O–H groups in total. The molecule has 0 saturated heterocycles. The summed E-state index contributed by atoms with van der Waals surface area (Å²) in [7, 11) is -2.11. The predicted octanol–water partition coefficient (Wildman–Crippen LogP) is 8.93. The second-order valence-electron chi connectivity index (χ2n) is 14.6. The number of fused-ring (bicyclic) bond motifs is 1. The Hall–Kier alpha value is -2.28. The SMILES string of the molecule is CCOC(=O)c1ccc([C@H](O)c2c(C(C)C)nc3c(c2C2C=CCC2)C(O[Si](C)(C)C(C)(C)C)CC(C)(C)C3)cc1. The van der Waals surface area contributed by atoms with Crippen LogP contribution in [0.5, 0.6) is 0 Å². The van der Waals surface area contributed by atoms with Crippen molar-refractivity contribution >= 4 is 14.3 Å². The number of benzene rings is 1. The number of ether oxygens (including phenoxy) is 1. The van der Waals surface area contributed by atoms with E-state index in [0.29, 0.717) is 12.2 Å². The first kappa shape index (κ1) is 31.6. The average Bonchev–Trinajstić information content (AvgIpc) is 3.40. The van der Waals surface area contributed by atoms with Crippen LogP contribution < -0.4 is 0 Å². The van der Waals surface area contributed by atoms with E-state index in [1.807, 2.05) is 12.1 Å². The Morgan fingerprint density at radius 3 is 2.34 bits per heavy atom. The minimum atomic E-state index is -2.11. The number of carbonyl (C=O) groups is 1. The lowest BCUT2D eigenvalue weighted by Crippen LogP contribution is -2.44. The highest BCUT2D eigenvalue weighted by Gasteiger charge is 2.45. The molecule has 1 heterocycles. The second-order valence-corrected chi connectivity index (χ2v) is 19.4. The van der Waals surface area contributed by atoms with Crippen LogP contribution in [-0.2, 0) is 15.6 Å². The molecule has 3 atom stereocenters. The molecule has 5 nitrogen and oxygen atoms in total.